The highest BCUT2D eigenvalue weighted by molar-refractivity contribution is 9.10. The lowest BCUT2D eigenvalue weighted by atomic mass is 10.2. The number of halogens is 2. The molecule has 1 aromatic carbocycles. The highest BCUT2D eigenvalue weighted by Crippen LogP contribution is 2.21. The number of rotatable bonds is 3. The third-order valence-corrected chi connectivity index (χ3v) is 3.63. The van der Waals surface area contributed by atoms with Gasteiger partial charge in [0.25, 0.3) is 5.91 Å². The molecule has 1 amide bonds. The highest BCUT2D eigenvalue weighted by Gasteiger charge is 2.21. The van der Waals surface area contributed by atoms with Gasteiger partial charge in [0.05, 0.1) is 6.10 Å². The fourth-order valence-corrected chi connectivity index (χ4v) is 2.93. The average Bonchev–Trinajstić information content (AvgIpc) is 2.79. The van der Waals surface area contributed by atoms with Crippen molar-refractivity contribution in [3.8, 4) is 0 Å². The van der Waals surface area contributed by atoms with E-state index < -0.39 is 0 Å². The van der Waals surface area contributed by atoms with Crippen LogP contribution in [0, 0.1) is 0 Å². The molecule has 1 saturated heterocycles. The summed E-state index contributed by atoms with van der Waals surface area (Å²) < 4.78 is 6.34. The lowest BCUT2D eigenvalue weighted by molar-refractivity contribution is 0.0587. The summed E-state index contributed by atoms with van der Waals surface area (Å²) in [5, 5.41) is 0.554. The van der Waals surface area contributed by atoms with E-state index in [1.807, 2.05) is 0 Å². The molecule has 0 N–H and O–H groups in total. The smallest absolute Gasteiger partial charge is 0.253 e. The molecule has 0 bridgehead atoms. The minimum absolute atomic E-state index is 0.0336. The van der Waals surface area contributed by atoms with Crippen LogP contribution in [0.5, 0.6) is 0 Å². The number of amides is 1. The summed E-state index contributed by atoms with van der Waals surface area (Å²) >= 11 is 9.28. The molecule has 0 radical (unpaired) electrons. The number of carbonyl (C=O) groups is 1. The van der Waals surface area contributed by atoms with Crippen molar-refractivity contribution in [1.29, 1.82) is 0 Å². The molecule has 1 heterocycles. The second-order valence-corrected chi connectivity index (χ2v) is 5.83. The van der Waals surface area contributed by atoms with Crippen LogP contribution in [0.1, 0.15) is 23.2 Å². The van der Waals surface area contributed by atoms with Gasteiger partial charge in [0.1, 0.15) is 0 Å². The summed E-state index contributed by atoms with van der Waals surface area (Å²) in [5.41, 5.74) is 0.592. The van der Waals surface area contributed by atoms with Gasteiger partial charge in [-0.25, -0.2) is 0 Å². The third-order valence-electron chi connectivity index (χ3n) is 2.96. The van der Waals surface area contributed by atoms with Crippen molar-refractivity contribution in [2.75, 3.05) is 20.2 Å². The van der Waals surface area contributed by atoms with Gasteiger partial charge < -0.3 is 9.64 Å². The van der Waals surface area contributed by atoms with Crippen molar-refractivity contribution in [3.63, 3.8) is 0 Å². The number of ether oxygens (including phenoxy) is 1. The largest absolute Gasteiger partial charge is 0.376 e. The van der Waals surface area contributed by atoms with Crippen LogP contribution in [-0.2, 0) is 4.74 Å². The Morgan fingerprint density at radius 1 is 1.56 bits per heavy atom. The van der Waals surface area contributed by atoms with E-state index in [-0.39, 0.29) is 12.0 Å². The first kappa shape index (κ1) is 13.8. The van der Waals surface area contributed by atoms with Crippen molar-refractivity contribution in [2.45, 2.75) is 18.9 Å². The Bertz CT molecular complexity index is 426. The molecular weight excluding hydrogens is 318 g/mol. The van der Waals surface area contributed by atoms with E-state index in [1.54, 1.807) is 30.1 Å². The standard InChI is InChI=1S/C13H15BrClNO2/c1-16(8-12-3-2-4-18-12)13(17)9-5-10(14)7-11(15)6-9/h5-7,12H,2-4,8H2,1H3. The number of nitrogens with zero attached hydrogens (tertiary/aromatic N) is 1. The van der Waals surface area contributed by atoms with Gasteiger partial charge in [0.2, 0.25) is 0 Å². The first-order valence-electron chi connectivity index (χ1n) is 5.89. The van der Waals surface area contributed by atoms with Crippen LogP contribution in [0.2, 0.25) is 5.02 Å². The van der Waals surface area contributed by atoms with E-state index in [1.165, 1.54) is 0 Å². The van der Waals surface area contributed by atoms with Gasteiger partial charge in [0, 0.05) is 35.3 Å². The molecule has 1 aliphatic heterocycles. The summed E-state index contributed by atoms with van der Waals surface area (Å²) in [6, 6.07) is 5.22. The molecule has 1 aliphatic rings. The number of benzene rings is 1. The Kier molecular flexibility index (Phi) is 4.65. The first-order valence-corrected chi connectivity index (χ1v) is 7.06. The second kappa shape index (κ2) is 6.04. The van der Waals surface area contributed by atoms with E-state index in [2.05, 4.69) is 15.9 Å². The third kappa shape index (κ3) is 3.46. The highest BCUT2D eigenvalue weighted by atomic mass is 79.9. The van der Waals surface area contributed by atoms with Crippen molar-refractivity contribution in [2.24, 2.45) is 0 Å². The van der Waals surface area contributed by atoms with Gasteiger partial charge in [-0.3, -0.25) is 4.79 Å². The second-order valence-electron chi connectivity index (χ2n) is 4.48. The molecule has 1 atom stereocenters. The van der Waals surface area contributed by atoms with Crippen LogP contribution >= 0.6 is 27.5 Å². The Hall–Kier alpha value is -0.580. The molecule has 98 valence electrons. The summed E-state index contributed by atoms with van der Waals surface area (Å²) in [7, 11) is 1.79. The molecule has 1 aromatic rings. The topological polar surface area (TPSA) is 29.5 Å². The van der Waals surface area contributed by atoms with Crippen molar-refractivity contribution in [1.82, 2.24) is 4.90 Å². The summed E-state index contributed by atoms with van der Waals surface area (Å²) in [4.78, 5) is 13.9. The van der Waals surface area contributed by atoms with Gasteiger partial charge >= 0.3 is 0 Å². The summed E-state index contributed by atoms with van der Waals surface area (Å²) in [5.74, 6) is -0.0336. The van der Waals surface area contributed by atoms with E-state index >= 15 is 0 Å². The van der Waals surface area contributed by atoms with Crippen LogP contribution < -0.4 is 0 Å². The monoisotopic (exact) mass is 331 g/mol. The molecule has 0 aliphatic carbocycles. The zero-order valence-corrected chi connectivity index (χ0v) is 12.5. The maximum absolute atomic E-state index is 12.2. The van der Waals surface area contributed by atoms with Crippen LogP contribution in [-0.4, -0.2) is 37.1 Å². The molecule has 3 nitrogen and oxygen atoms in total. The number of hydrogen-bond acceptors (Lipinski definition) is 2. The normalized spacial score (nSPS) is 18.9. The van der Waals surface area contributed by atoms with Gasteiger partial charge in [0.15, 0.2) is 0 Å². The quantitative estimate of drug-likeness (QED) is 0.849. The number of carbonyl (C=O) groups excluding carboxylic acids is 1. The van der Waals surface area contributed by atoms with Crippen molar-refractivity contribution < 1.29 is 9.53 Å². The lowest BCUT2D eigenvalue weighted by Crippen LogP contribution is -2.34. The van der Waals surface area contributed by atoms with Gasteiger partial charge in [-0.05, 0) is 31.0 Å². The molecule has 2 rings (SSSR count). The van der Waals surface area contributed by atoms with Crippen LogP contribution in [0.25, 0.3) is 0 Å². The number of hydrogen-bond donors (Lipinski definition) is 0. The maximum atomic E-state index is 12.2. The molecule has 0 spiro atoms. The molecule has 0 aromatic heterocycles. The lowest BCUT2D eigenvalue weighted by Gasteiger charge is -2.21. The van der Waals surface area contributed by atoms with Gasteiger partial charge in [-0.2, -0.15) is 0 Å². The maximum Gasteiger partial charge on any atom is 0.253 e. The summed E-state index contributed by atoms with van der Waals surface area (Å²) in [6.07, 6.45) is 2.27. The van der Waals surface area contributed by atoms with Crippen LogP contribution in [0.15, 0.2) is 22.7 Å². The Labute approximate surface area is 120 Å². The molecule has 18 heavy (non-hydrogen) atoms. The zero-order valence-electron chi connectivity index (χ0n) is 10.2. The Balaban J connectivity index is 2.04. The molecule has 1 fully saturated rings. The first-order chi connectivity index (χ1) is 8.56. The molecule has 1 unspecified atom stereocenters. The van der Waals surface area contributed by atoms with Crippen LogP contribution in [0.3, 0.4) is 0 Å². The number of likely N-dealkylation sites (N-methyl/N-ethyl adjacent to an activating group) is 1. The fraction of sp³-hybridized carbons (Fsp3) is 0.462. The molecule has 5 heteroatoms. The van der Waals surface area contributed by atoms with E-state index in [0.29, 0.717) is 17.1 Å². The minimum Gasteiger partial charge on any atom is -0.376 e. The van der Waals surface area contributed by atoms with E-state index in [9.17, 15) is 4.79 Å². The predicted octanol–water partition coefficient (Wildman–Crippen LogP) is 3.35. The molecular formula is C13H15BrClNO2. The molecule has 0 saturated carbocycles. The Morgan fingerprint density at radius 2 is 2.33 bits per heavy atom. The van der Waals surface area contributed by atoms with Crippen LogP contribution in [0.4, 0.5) is 0 Å². The van der Waals surface area contributed by atoms with Crippen molar-refractivity contribution >= 4 is 33.4 Å². The SMILES string of the molecule is CN(CC1CCCO1)C(=O)c1cc(Cl)cc(Br)c1. The predicted molar refractivity (Wildman–Crippen MR) is 75.1 cm³/mol. The minimum atomic E-state index is -0.0336. The average molecular weight is 333 g/mol. The van der Waals surface area contributed by atoms with Gasteiger partial charge in [-0.15, -0.1) is 0 Å². The van der Waals surface area contributed by atoms with Crippen molar-refractivity contribution in [3.05, 3.63) is 33.3 Å². The van der Waals surface area contributed by atoms with E-state index in [0.717, 1.165) is 23.9 Å². The van der Waals surface area contributed by atoms with E-state index in [4.69, 9.17) is 16.3 Å². The Morgan fingerprint density at radius 3 is 2.94 bits per heavy atom. The summed E-state index contributed by atoms with van der Waals surface area (Å²) in [6.45, 7) is 1.43. The fourth-order valence-electron chi connectivity index (χ4n) is 2.07. The van der Waals surface area contributed by atoms with Gasteiger partial charge in [-0.1, -0.05) is 27.5 Å². The zero-order chi connectivity index (χ0) is 13.1.